The van der Waals surface area contributed by atoms with E-state index in [2.05, 4.69) is 37.2 Å². The third-order valence-electron chi connectivity index (χ3n) is 5.88. The van der Waals surface area contributed by atoms with E-state index in [4.69, 9.17) is 0 Å². The lowest BCUT2D eigenvalue weighted by Gasteiger charge is -2.59. The molecule has 4 atom stereocenters. The summed E-state index contributed by atoms with van der Waals surface area (Å²) in [7, 11) is 0. The Morgan fingerprint density at radius 3 is 2.46 bits per heavy atom. The second-order valence-corrected chi connectivity index (χ2v) is 10.3. The van der Waals surface area contributed by atoms with E-state index in [0.717, 1.165) is 19.3 Å². The maximum atomic E-state index is 13.1. The van der Waals surface area contributed by atoms with Crippen molar-refractivity contribution < 1.29 is 9.72 Å². The van der Waals surface area contributed by atoms with Crippen molar-refractivity contribution in [3.8, 4) is 0 Å². The van der Waals surface area contributed by atoms with E-state index >= 15 is 0 Å². The van der Waals surface area contributed by atoms with E-state index in [1.807, 2.05) is 0 Å². The van der Waals surface area contributed by atoms with Crippen molar-refractivity contribution in [1.82, 2.24) is 0 Å². The Bertz CT molecular complexity index is 723. The summed E-state index contributed by atoms with van der Waals surface area (Å²) in [4.78, 5) is 23.5. The first kappa shape index (κ1) is 16.5. The number of alkyl halides is 1. The molecule has 0 saturated heterocycles. The molecule has 7 heteroatoms. The Morgan fingerprint density at radius 2 is 1.92 bits per heavy atom. The molecule has 2 unspecified atom stereocenters. The van der Waals surface area contributed by atoms with E-state index in [1.54, 1.807) is 6.07 Å². The van der Waals surface area contributed by atoms with Gasteiger partial charge in [0.15, 0.2) is 0 Å². The quantitative estimate of drug-likeness (QED) is 0.393. The summed E-state index contributed by atoms with van der Waals surface area (Å²) in [6.07, 6.45) is 6.44. The molecule has 4 fully saturated rings. The van der Waals surface area contributed by atoms with E-state index in [9.17, 15) is 14.9 Å². The third kappa shape index (κ3) is 2.69. The van der Waals surface area contributed by atoms with Crippen LogP contribution in [-0.4, -0.2) is 15.2 Å². The van der Waals surface area contributed by atoms with Crippen molar-refractivity contribution in [2.24, 2.45) is 17.3 Å². The molecule has 5 rings (SSSR count). The molecule has 0 heterocycles. The maximum absolute atomic E-state index is 13.1. The van der Waals surface area contributed by atoms with Crippen LogP contribution in [0.25, 0.3) is 0 Å². The molecule has 4 aliphatic carbocycles. The van der Waals surface area contributed by atoms with Gasteiger partial charge in [0.1, 0.15) is 0 Å². The Morgan fingerprint density at radius 1 is 1.25 bits per heavy atom. The molecule has 0 aromatic heterocycles. The molecule has 4 aliphatic rings. The first-order chi connectivity index (χ1) is 11.3. The Balaban J connectivity index is 1.58. The zero-order valence-electron chi connectivity index (χ0n) is 13.1. The number of nitrogens with zero attached hydrogens (tertiary/aromatic N) is 1. The average molecular weight is 458 g/mol. The van der Waals surface area contributed by atoms with Gasteiger partial charge in [-0.05, 0) is 72.4 Å². The maximum Gasteiger partial charge on any atom is 0.270 e. The van der Waals surface area contributed by atoms with Gasteiger partial charge in [-0.3, -0.25) is 14.9 Å². The van der Waals surface area contributed by atoms with Crippen molar-refractivity contribution in [2.45, 2.75) is 42.8 Å². The fourth-order valence-corrected chi connectivity index (χ4v) is 7.31. The SMILES string of the molecule is O=C(Nc1ccc([N+](=O)[O-])cc1Br)C12C[C@@H]3C[C@@H](CC(Br)(C3)C1)C2. The first-order valence-electron chi connectivity index (χ1n) is 8.23. The van der Waals surface area contributed by atoms with Gasteiger partial charge in [0.05, 0.1) is 16.0 Å². The molecular formula is C17H18Br2N2O3. The predicted molar refractivity (Wildman–Crippen MR) is 98.2 cm³/mol. The Labute approximate surface area is 157 Å². The van der Waals surface area contributed by atoms with Gasteiger partial charge < -0.3 is 5.32 Å². The van der Waals surface area contributed by atoms with Gasteiger partial charge in [0.2, 0.25) is 5.91 Å². The second-order valence-electron chi connectivity index (χ2n) is 7.77. The normalized spacial score (nSPS) is 36.6. The van der Waals surface area contributed by atoms with Gasteiger partial charge in [0.25, 0.3) is 5.69 Å². The highest BCUT2D eigenvalue weighted by Crippen LogP contribution is 2.64. The molecule has 0 aliphatic heterocycles. The van der Waals surface area contributed by atoms with Crippen LogP contribution in [0.3, 0.4) is 0 Å². The summed E-state index contributed by atoms with van der Waals surface area (Å²) in [5.74, 6) is 1.34. The van der Waals surface area contributed by atoms with Crippen LogP contribution in [0.1, 0.15) is 38.5 Å². The third-order valence-corrected chi connectivity index (χ3v) is 7.47. The summed E-state index contributed by atoms with van der Waals surface area (Å²) in [5.41, 5.74) is 0.313. The summed E-state index contributed by atoms with van der Waals surface area (Å²) < 4.78 is 0.671. The van der Waals surface area contributed by atoms with E-state index in [0.29, 0.717) is 22.0 Å². The minimum absolute atomic E-state index is 0.00842. The number of non-ortho nitro benzene ring substituents is 1. The van der Waals surface area contributed by atoms with Crippen LogP contribution < -0.4 is 5.32 Å². The zero-order chi connectivity index (χ0) is 17.1. The first-order valence-corrected chi connectivity index (χ1v) is 9.82. The number of amides is 1. The Kier molecular flexibility index (Phi) is 3.80. The molecule has 0 radical (unpaired) electrons. The van der Waals surface area contributed by atoms with Crippen LogP contribution in [0.15, 0.2) is 22.7 Å². The van der Waals surface area contributed by atoms with Gasteiger partial charge in [-0.1, -0.05) is 15.9 Å². The number of hydrogen-bond acceptors (Lipinski definition) is 3. The van der Waals surface area contributed by atoms with E-state index in [1.165, 1.54) is 31.4 Å². The molecule has 1 aromatic rings. The van der Waals surface area contributed by atoms with Gasteiger partial charge >= 0.3 is 0 Å². The summed E-state index contributed by atoms with van der Waals surface area (Å²) >= 11 is 7.26. The number of halogens is 2. The second kappa shape index (κ2) is 5.53. The van der Waals surface area contributed by atoms with Crippen molar-refractivity contribution in [1.29, 1.82) is 0 Å². The highest BCUT2D eigenvalue weighted by Gasteiger charge is 2.59. The standard InChI is InChI=1S/C17H18Br2N2O3/c18-13-4-12(21(23)24)1-2-14(13)20-15(22)16-5-10-3-11(6-16)8-17(19,7-10)9-16/h1-2,4,10-11H,3,5-9H2,(H,20,22)/t10-,11+,16?,17?. The van der Waals surface area contributed by atoms with Crippen molar-refractivity contribution in [2.75, 3.05) is 5.32 Å². The highest BCUT2D eigenvalue weighted by molar-refractivity contribution is 9.10. The number of nitrogens with one attached hydrogen (secondary N) is 1. The smallest absolute Gasteiger partial charge is 0.270 e. The number of nitro benzene ring substituents is 1. The number of benzene rings is 1. The summed E-state index contributed by atoms with van der Waals surface area (Å²) in [6.45, 7) is 0. The van der Waals surface area contributed by atoms with Crippen molar-refractivity contribution in [3.63, 3.8) is 0 Å². The predicted octanol–water partition coefficient (Wildman–Crippen LogP) is 5.03. The molecule has 0 spiro atoms. The molecule has 1 aromatic carbocycles. The van der Waals surface area contributed by atoms with E-state index in [-0.39, 0.29) is 21.3 Å². The van der Waals surface area contributed by atoms with Crippen LogP contribution in [0.2, 0.25) is 0 Å². The summed E-state index contributed by atoms with van der Waals surface area (Å²) in [5, 5.41) is 13.9. The number of hydrogen-bond donors (Lipinski definition) is 1. The zero-order valence-corrected chi connectivity index (χ0v) is 16.2. The fourth-order valence-electron chi connectivity index (χ4n) is 5.39. The molecule has 5 nitrogen and oxygen atoms in total. The molecule has 128 valence electrons. The lowest BCUT2D eigenvalue weighted by molar-refractivity contribution is -0.384. The van der Waals surface area contributed by atoms with Crippen LogP contribution >= 0.6 is 31.9 Å². The molecule has 24 heavy (non-hydrogen) atoms. The molecule has 4 saturated carbocycles. The fraction of sp³-hybridized carbons (Fsp3) is 0.588. The number of carbonyl (C=O) groups is 1. The van der Waals surface area contributed by atoms with Crippen molar-refractivity contribution >= 4 is 49.1 Å². The minimum atomic E-state index is -0.440. The molecule has 4 bridgehead atoms. The van der Waals surface area contributed by atoms with Gasteiger partial charge in [-0.15, -0.1) is 0 Å². The molecule has 1 N–H and O–H groups in total. The van der Waals surface area contributed by atoms with Crippen molar-refractivity contribution in [3.05, 3.63) is 32.8 Å². The number of carbonyl (C=O) groups excluding carboxylic acids is 1. The van der Waals surface area contributed by atoms with Crippen LogP contribution in [0, 0.1) is 27.4 Å². The number of anilines is 1. The highest BCUT2D eigenvalue weighted by atomic mass is 79.9. The minimum Gasteiger partial charge on any atom is -0.325 e. The lowest BCUT2D eigenvalue weighted by atomic mass is 9.49. The van der Waals surface area contributed by atoms with E-state index < -0.39 is 4.92 Å². The largest absolute Gasteiger partial charge is 0.325 e. The Hall–Kier alpha value is -0.950. The number of rotatable bonds is 3. The van der Waals surface area contributed by atoms with Gasteiger partial charge in [-0.2, -0.15) is 0 Å². The summed E-state index contributed by atoms with van der Waals surface area (Å²) in [6, 6.07) is 4.46. The molecule has 1 amide bonds. The van der Waals surface area contributed by atoms with Gasteiger partial charge in [-0.25, -0.2) is 0 Å². The lowest BCUT2D eigenvalue weighted by Crippen LogP contribution is -2.57. The number of nitro groups is 1. The van der Waals surface area contributed by atoms with Crippen LogP contribution in [0.4, 0.5) is 11.4 Å². The average Bonchev–Trinajstić information content (AvgIpc) is 2.46. The topological polar surface area (TPSA) is 72.2 Å². The molecular weight excluding hydrogens is 440 g/mol. The van der Waals surface area contributed by atoms with Crippen LogP contribution in [0.5, 0.6) is 0 Å². The van der Waals surface area contributed by atoms with Crippen LogP contribution in [-0.2, 0) is 4.79 Å². The van der Waals surface area contributed by atoms with Gasteiger partial charge in [0, 0.05) is 20.9 Å². The monoisotopic (exact) mass is 456 g/mol.